The van der Waals surface area contributed by atoms with Gasteiger partial charge in [0, 0.05) is 0 Å². The van der Waals surface area contributed by atoms with E-state index in [0.29, 0.717) is 34.1 Å². The molecule has 2 aliphatic heterocycles. The molecule has 0 saturated carbocycles. The molecule has 172 valence electrons. The fraction of sp³-hybridized carbons (Fsp3) is 0.185. The summed E-state index contributed by atoms with van der Waals surface area (Å²) < 4.78 is 16.3. The predicted molar refractivity (Wildman–Crippen MR) is 128 cm³/mol. The molecule has 0 aromatic heterocycles. The monoisotopic (exact) mass is 456 g/mol. The molecule has 0 aliphatic carbocycles. The second kappa shape index (κ2) is 8.59. The molecule has 0 atom stereocenters. The first-order chi connectivity index (χ1) is 16.4. The largest absolute Gasteiger partial charge is 0.495 e. The number of amides is 2. The van der Waals surface area contributed by atoms with E-state index in [1.807, 2.05) is 62.4 Å². The molecule has 5 rings (SSSR count). The van der Waals surface area contributed by atoms with E-state index < -0.39 is 5.91 Å². The molecular weight excluding hydrogens is 432 g/mol. The van der Waals surface area contributed by atoms with E-state index in [0.717, 1.165) is 16.7 Å². The van der Waals surface area contributed by atoms with Crippen LogP contribution in [0.25, 0.3) is 5.57 Å². The lowest BCUT2D eigenvalue weighted by molar-refractivity contribution is -0.137. The normalized spacial score (nSPS) is 14.7. The molecule has 0 spiro atoms. The molecule has 1 N–H and O–H groups in total. The number of fused-ring (bicyclic) bond motifs is 1. The van der Waals surface area contributed by atoms with E-state index in [2.05, 4.69) is 5.32 Å². The molecule has 0 bridgehead atoms. The Morgan fingerprint density at radius 2 is 1.62 bits per heavy atom. The lowest BCUT2D eigenvalue weighted by atomic mass is 10.0. The number of anilines is 1. The standard InChI is InChI=1S/C27H24N2O5/c1-16-4-8-19(9-5-16)24-25(28-20-12-17(2)6-10-21(20)32-3)27(31)29(26(24)30)14-18-7-11-22-23(13-18)34-15-33-22/h4-13,28H,14-15H2,1-3H3. The van der Waals surface area contributed by atoms with Crippen molar-refractivity contribution >= 4 is 23.1 Å². The molecule has 0 radical (unpaired) electrons. The molecule has 3 aromatic rings. The van der Waals surface area contributed by atoms with Crippen molar-refractivity contribution in [2.45, 2.75) is 20.4 Å². The van der Waals surface area contributed by atoms with Gasteiger partial charge in [-0.05, 0) is 54.8 Å². The van der Waals surface area contributed by atoms with Gasteiger partial charge in [-0.25, -0.2) is 0 Å². The molecule has 0 fully saturated rings. The van der Waals surface area contributed by atoms with Crippen molar-refractivity contribution in [3.8, 4) is 17.2 Å². The van der Waals surface area contributed by atoms with Crippen LogP contribution in [0.1, 0.15) is 22.3 Å². The van der Waals surface area contributed by atoms with Crippen molar-refractivity contribution in [1.82, 2.24) is 4.90 Å². The van der Waals surface area contributed by atoms with Gasteiger partial charge in [-0.2, -0.15) is 0 Å². The van der Waals surface area contributed by atoms with Crippen LogP contribution in [0.3, 0.4) is 0 Å². The van der Waals surface area contributed by atoms with Crippen molar-refractivity contribution in [3.63, 3.8) is 0 Å². The molecule has 34 heavy (non-hydrogen) atoms. The van der Waals surface area contributed by atoms with Gasteiger partial charge in [0.1, 0.15) is 11.4 Å². The van der Waals surface area contributed by atoms with Crippen LogP contribution < -0.4 is 19.5 Å². The molecule has 0 saturated heterocycles. The fourth-order valence-corrected chi connectivity index (χ4v) is 4.10. The number of imide groups is 1. The number of methoxy groups -OCH3 is 1. The maximum atomic E-state index is 13.6. The summed E-state index contributed by atoms with van der Waals surface area (Å²) in [6, 6.07) is 18.6. The average molecular weight is 456 g/mol. The van der Waals surface area contributed by atoms with Crippen LogP contribution >= 0.6 is 0 Å². The molecule has 7 heteroatoms. The Kier molecular flexibility index (Phi) is 5.45. The second-order valence-corrected chi connectivity index (χ2v) is 8.33. The third-order valence-electron chi connectivity index (χ3n) is 5.90. The number of carbonyl (C=O) groups excluding carboxylic acids is 2. The molecule has 3 aromatic carbocycles. The highest BCUT2D eigenvalue weighted by molar-refractivity contribution is 6.36. The van der Waals surface area contributed by atoms with E-state index in [1.54, 1.807) is 19.2 Å². The van der Waals surface area contributed by atoms with Gasteiger partial charge in [-0.15, -0.1) is 0 Å². The molecule has 7 nitrogen and oxygen atoms in total. The summed E-state index contributed by atoms with van der Waals surface area (Å²) in [6.45, 7) is 4.20. The molecular formula is C27H24N2O5. The Balaban J connectivity index is 1.54. The zero-order chi connectivity index (χ0) is 23.8. The van der Waals surface area contributed by atoms with Gasteiger partial charge in [-0.3, -0.25) is 14.5 Å². The number of benzene rings is 3. The van der Waals surface area contributed by atoms with Crippen LogP contribution in [-0.4, -0.2) is 30.6 Å². The zero-order valence-corrected chi connectivity index (χ0v) is 19.2. The molecule has 0 unspecified atom stereocenters. The van der Waals surface area contributed by atoms with Crippen LogP contribution in [0.5, 0.6) is 17.2 Å². The van der Waals surface area contributed by atoms with E-state index in [-0.39, 0.29) is 24.9 Å². The van der Waals surface area contributed by atoms with Gasteiger partial charge in [0.15, 0.2) is 11.5 Å². The fourth-order valence-electron chi connectivity index (χ4n) is 4.10. The Labute approximate surface area is 197 Å². The predicted octanol–water partition coefficient (Wildman–Crippen LogP) is 4.43. The summed E-state index contributed by atoms with van der Waals surface area (Å²) in [7, 11) is 1.57. The number of hydrogen-bond acceptors (Lipinski definition) is 6. The second-order valence-electron chi connectivity index (χ2n) is 8.33. The van der Waals surface area contributed by atoms with Gasteiger partial charge in [0.25, 0.3) is 11.8 Å². The van der Waals surface area contributed by atoms with E-state index in [1.165, 1.54) is 4.90 Å². The maximum Gasteiger partial charge on any atom is 0.278 e. The highest BCUT2D eigenvalue weighted by Crippen LogP contribution is 2.36. The number of hydrogen-bond donors (Lipinski definition) is 1. The Hall–Kier alpha value is -4.26. The van der Waals surface area contributed by atoms with Crippen LogP contribution in [0.4, 0.5) is 5.69 Å². The lowest BCUT2D eigenvalue weighted by Gasteiger charge is -2.16. The van der Waals surface area contributed by atoms with Crippen molar-refractivity contribution < 1.29 is 23.8 Å². The first-order valence-corrected chi connectivity index (χ1v) is 10.9. The summed E-state index contributed by atoms with van der Waals surface area (Å²) in [4.78, 5) is 28.4. The highest BCUT2D eigenvalue weighted by Gasteiger charge is 2.39. The third kappa shape index (κ3) is 3.85. The summed E-state index contributed by atoms with van der Waals surface area (Å²) in [5.74, 6) is 1.07. The minimum Gasteiger partial charge on any atom is -0.495 e. The number of nitrogens with one attached hydrogen (secondary N) is 1. The van der Waals surface area contributed by atoms with Crippen LogP contribution in [0.15, 0.2) is 66.4 Å². The SMILES string of the molecule is COc1ccc(C)cc1NC1=C(c2ccc(C)cc2)C(=O)N(Cc2ccc3c(c2)OCO3)C1=O. The Morgan fingerprint density at radius 3 is 2.38 bits per heavy atom. The smallest absolute Gasteiger partial charge is 0.278 e. The van der Waals surface area contributed by atoms with Crippen LogP contribution in [0.2, 0.25) is 0 Å². The number of rotatable bonds is 6. The van der Waals surface area contributed by atoms with E-state index in [4.69, 9.17) is 14.2 Å². The molecule has 2 aliphatic rings. The van der Waals surface area contributed by atoms with Crippen molar-refractivity contribution in [2.75, 3.05) is 19.2 Å². The lowest BCUT2D eigenvalue weighted by Crippen LogP contribution is -2.32. The third-order valence-corrected chi connectivity index (χ3v) is 5.90. The Bertz CT molecular complexity index is 1330. The summed E-state index contributed by atoms with van der Waals surface area (Å²) in [6.07, 6.45) is 0. The maximum absolute atomic E-state index is 13.6. The average Bonchev–Trinajstić information content (AvgIpc) is 3.38. The van der Waals surface area contributed by atoms with Gasteiger partial charge in [0.2, 0.25) is 6.79 Å². The first-order valence-electron chi connectivity index (χ1n) is 10.9. The Morgan fingerprint density at radius 1 is 0.882 bits per heavy atom. The first kappa shape index (κ1) is 21.6. The van der Waals surface area contributed by atoms with Crippen molar-refractivity contribution in [3.05, 3.63) is 88.6 Å². The minimum absolute atomic E-state index is 0.111. The van der Waals surface area contributed by atoms with Crippen molar-refractivity contribution in [2.24, 2.45) is 0 Å². The summed E-state index contributed by atoms with van der Waals surface area (Å²) >= 11 is 0. The summed E-state index contributed by atoms with van der Waals surface area (Å²) in [5.41, 5.74) is 4.67. The van der Waals surface area contributed by atoms with Gasteiger partial charge < -0.3 is 19.5 Å². The minimum atomic E-state index is -0.401. The van der Waals surface area contributed by atoms with Crippen molar-refractivity contribution in [1.29, 1.82) is 0 Å². The van der Waals surface area contributed by atoms with E-state index in [9.17, 15) is 9.59 Å². The molecule has 2 heterocycles. The number of aryl methyl sites for hydroxylation is 2. The molecule has 2 amide bonds. The van der Waals surface area contributed by atoms with Gasteiger partial charge in [0.05, 0.1) is 24.9 Å². The van der Waals surface area contributed by atoms with Crippen LogP contribution in [-0.2, 0) is 16.1 Å². The zero-order valence-electron chi connectivity index (χ0n) is 19.2. The summed E-state index contributed by atoms with van der Waals surface area (Å²) in [5, 5.41) is 3.20. The van der Waals surface area contributed by atoms with Gasteiger partial charge in [-0.1, -0.05) is 42.0 Å². The highest BCUT2D eigenvalue weighted by atomic mass is 16.7. The van der Waals surface area contributed by atoms with E-state index >= 15 is 0 Å². The van der Waals surface area contributed by atoms with Gasteiger partial charge >= 0.3 is 0 Å². The quantitative estimate of drug-likeness (QED) is 0.553. The van der Waals surface area contributed by atoms with Crippen LogP contribution in [0, 0.1) is 13.8 Å². The topological polar surface area (TPSA) is 77.1 Å². The number of ether oxygens (including phenoxy) is 3. The number of carbonyl (C=O) groups is 2. The number of nitrogens with zero attached hydrogens (tertiary/aromatic N) is 1.